The number of ether oxygens (including phenoxy) is 2. The quantitative estimate of drug-likeness (QED) is 0.693. The highest BCUT2D eigenvalue weighted by atomic mass is 79.9. The molecule has 4 rings (SSSR count). The monoisotopic (exact) mass is 419 g/mol. The summed E-state index contributed by atoms with van der Waals surface area (Å²) in [5.41, 5.74) is 2.39. The van der Waals surface area contributed by atoms with E-state index in [1.165, 1.54) is 24.5 Å². The third-order valence-electron chi connectivity index (χ3n) is 5.31. The predicted molar refractivity (Wildman–Crippen MR) is 103 cm³/mol. The molecule has 1 saturated heterocycles. The van der Waals surface area contributed by atoms with Crippen LogP contribution < -0.4 is 9.47 Å². The first-order valence-corrected chi connectivity index (χ1v) is 10.0. The van der Waals surface area contributed by atoms with Gasteiger partial charge in [0.15, 0.2) is 11.5 Å². The Bertz CT molecular complexity index is 754. The number of benzene rings is 2. The van der Waals surface area contributed by atoms with E-state index in [1.807, 2.05) is 12.1 Å². The van der Waals surface area contributed by atoms with Crippen LogP contribution in [-0.2, 0) is 12.8 Å². The number of halogens is 2. The van der Waals surface area contributed by atoms with Gasteiger partial charge < -0.3 is 14.4 Å². The summed E-state index contributed by atoms with van der Waals surface area (Å²) in [6.45, 7) is 3.63. The molecule has 1 fully saturated rings. The molecule has 138 valence electrons. The summed E-state index contributed by atoms with van der Waals surface area (Å²) >= 11 is 3.38. The van der Waals surface area contributed by atoms with E-state index in [9.17, 15) is 4.39 Å². The van der Waals surface area contributed by atoms with Crippen molar-refractivity contribution >= 4 is 15.9 Å². The lowest BCUT2D eigenvalue weighted by molar-refractivity contribution is 0.174. The second-order valence-electron chi connectivity index (χ2n) is 7.20. The lowest BCUT2D eigenvalue weighted by Crippen LogP contribution is -2.35. The summed E-state index contributed by atoms with van der Waals surface area (Å²) in [6.07, 6.45) is 4.34. The maximum Gasteiger partial charge on any atom is 0.231 e. The standard InChI is InChI=1S/C21H23BrFNO2/c22-18-10-17(11-19(23)13-18)9-16-4-7-24(8-5-16)6-3-15-1-2-20-21(12-15)26-14-25-20/h1-2,10-13,16H,3-9,14H2. The van der Waals surface area contributed by atoms with Crippen LogP contribution in [0.5, 0.6) is 11.5 Å². The summed E-state index contributed by atoms with van der Waals surface area (Å²) in [5.74, 6) is 2.20. The zero-order valence-corrected chi connectivity index (χ0v) is 16.3. The molecule has 5 heteroatoms. The zero-order chi connectivity index (χ0) is 17.9. The number of nitrogens with zero attached hydrogens (tertiary/aromatic N) is 1. The van der Waals surface area contributed by atoms with Crippen molar-refractivity contribution in [2.24, 2.45) is 5.92 Å². The minimum Gasteiger partial charge on any atom is -0.454 e. The molecule has 0 N–H and O–H groups in total. The average Bonchev–Trinajstić information content (AvgIpc) is 3.08. The average molecular weight is 420 g/mol. The Hall–Kier alpha value is -1.59. The van der Waals surface area contributed by atoms with Gasteiger partial charge in [-0.25, -0.2) is 4.39 Å². The van der Waals surface area contributed by atoms with Crippen molar-refractivity contribution in [3.63, 3.8) is 0 Å². The highest BCUT2D eigenvalue weighted by Gasteiger charge is 2.20. The van der Waals surface area contributed by atoms with Crippen molar-refractivity contribution in [3.8, 4) is 11.5 Å². The molecular formula is C21H23BrFNO2. The number of rotatable bonds is 5. The van der Waals surface area contributed by atoms with Crippen LogP contribution in [-0.4, -0.2) is 31.3 Å². The van der Waals surface area contributed by atoms with Crippen LogP contribution in [0.3, 0.4) is 0 Å². The van der Waals surface area contributed by atoms with Gasteiger partial charge in [0, 0.05) is 11.0 Å². The van der Waals surface area contributed by atoms with Gasteiger partial charge in [-0.3, -0.25) is 0 Å². The first-order valence-electron chi connectivity index (χ1n) is 9.21. The lowest BCUT2D eigenvalue weighted by Gasteiger charge is -2.32. The van der Waals surface area contributed by atoms with Crippen LogP contribution in [0.1, 0.15) is 24.0 Å². The van der Waals surface area contributed by atoms with Gasteiger partial charge in [0.05, 0.1) is 0 Å². The van der Waals surface area contributed by atoms with Crippen molar-refractivity contribution in [3.05, 3.63) is 57.8 Å². The van der Waals surface area contributed by atoms with Crippen molar-refractivity contribution < 1.29 is 13.9 Å². The lowest BCUT2D eigenvalue weighted by atomic mass is 9.90. The summed E-state index contributed by atoms with van der Waals surface area (Å²) in [5, 5.41) is 0. The molecule has 0 unspecified atom stereocenters. The molecule has 2 aromatic rings. The summed E-state index contributed by atoms with van der Waals surface area (Å²) in [6, 6.07) is 11.4. The van der Waals surface area contributed by atoms with Gasteiger partial charge in [-0.15, -0.1) is 0 Å². The van der Waals surface area contributed by atoms with Crippen molar-refractivity contribution in [2.45, 2.75) is 25.7 Å². The molecule has 2 heterocycles. The van der Waals surface area contributed by atoms with Gasteiger partial charge in [0.2, 0.25) is 6.79 Å². The molecule has 0 atom stereocenters. The molecule has 2 aromatic carbocycles. The fourth-order valence-corrected chi connectivity index (χ4v) is 4.37. The molecule has 0 spiro atoms. The first kappa shape index (κ1) is 17.8. The van der Waals surface area contributed by atoms with Crippen LogP contribution in [0.15, 0.2) is 40.9 Å². The van der Waals surface area contributed by atoms with E-state index in [1.54, 1.807) is 6.07 Å². The molecular weight excluding hydrogens is 397 g/mol. The summed E-state index contributed by atoms with van der Waals surface area (Å²) in [4.78, 5) is 2.53. The Morgan fingerprint density at radius 3 is 2.62 bits per heavy atom. The van der Waals surface area contributed by atoms with Crippen molar-refractivity contribution in [1.82, 2.24) is 4.90 Å². The molecule has 2 aliphatic rings. The Kier molecular flexibility index (Phi) is 5.46. The van der Waals surface area contributed by atoms with Crippen LogP contribution >= 0.6 is 15.9 Å². The summed E-state index contributed by atoms with van der Waals surface area (Å²) < 4.78 is 25.2. The highest BCUT2D eigenvalue weighted by Crippen LogP contribution is 2.32. The Morgan fingerprint density at radius 2 is 1.81 bits per heavy atom. The van der Waals surface area contributed by atoms with Gasteiger partial charge in [-0.05, 0) is 86.1 Å². The zero-order valence-electron chi connectivity index (χ0n) is 14.7. The molecule has 0 radical (unpaired) electrons. The SMILES string of the molecule is Fc1cc(Br)cc(CC2CCN(CCc3ccc4c(c3)OCO4)CC2)c1. The molecule has 26 heavy (non-hydrogen) atoms. The third kappa shape index (κ3) is 4.38. The maximum absolute atomic E-state index is 13.5. The molecule has 0 aliphatic carbocycles. The van der Waals surface area contributed by atoms with E-state index < -0.39 is 0 Å². The minimum atomic E-state index is -0.157. The third-order valence-corrected chi connectivity index (χ3v) is 5.77. The van der Waals surface area contributed by atoms with E-state index in [0.717, 1.165) is 54.0 Å². The van der Waals surface area contributed by atoms with E-state index in [0.29, 0.717) is 12.7 Å². The topological polar surface area (TPSA) is 21.7 Å². The number of piperidine rings is 1. The normalized spacial score (nSPS) is 17.6. The molecule has 0 saturated carbocycles. The second-order valence-corrected chi connectivity index (χ2v) is 8.12. The van der Waals surface area contributed by atoms with Crippen molar-refractivity contribution in [1.29, 1.82) is 0 Å². The predicted octanol–water partition coefficient (Wildman–Crippen LogP) is 4.81. The van der Waals surface area contributed by atoms with Gasteiger partial charge in [-0.2, -0.15) is 0 Å². The highest BCUT2D eigenvalue weighted by molar-refractivity contribution is 9.10. The first-order chi connectivity index (χ1) is 12.7. The fraction of sp³-hybridized carbons (Fsp3) is 0.429. The molecule has 0 bridgehead atoms. The number of hydrogen-bond acceptors (Lipinski definition) is 3. The number of hydrogen-bond donors (Lipinski definition) is 0. The van der Waals surface area contributed by atoms with Gasteiger partial charge in [0.25, 0.3) is 0 Å². The van der Waals surface area contributed by atoms with Crippen LogP contribution in [0.25, 0.3) is 0 Å². The maximum atomic E-state index is 13.5. The van der Waals surface area contributed by atoms with Gasteiger partial charge in [-0.1, -0.05) is 22.0 Å². The van der Waals surface area contributed by atoms with E-state index in [2.05, 4.69) is 33.0 Å². The number of fused-ring (bicyclic) bond motifs is 1. The van der Waals surface area contributed by atoms with Gasteiger partial charge >= 0.3 is 0 Å². The second kappa shape index (κ2) is 7.97. The molecule has 3 nitrogen and oxygen atoms in total. The van der Waals surface area contributed by atoms with Gasteiger partial charge in [0.1, 0.15) is 5.82 Å². The molecule has 0 aromatic heterocycles. The smallest absolute Gasteiger partial charge is 0.231 e. The van der Waals surface area contributed by atoms with E-state index in [4.69, 9.17) is 9.47 Å². The van der Waals surface area contributed by atoms with Crippen molar-refractivity contribution in [2.75, 3.05) is 26.4 Å². The Morgan fingerprint density at radius 1 is 1.00 bits per heavy atom. The van der Waals surface area contributed by atoms with E-state index in [-0.39, 0.29) is 5.82 Å². The fourth-order valence-electron chi connectivity index (χ4n) is 3.86. The Balaban J connectivity index is 1.24. The molecule has 2 aliphatic heterocycles. The van der Waals surface area contributed by atoms with Crippen LogP contribution in [0.4, 0.5) is 4.39 Å². The molecule has 0 amide bonds. The van der Waals surface area contributed by atoms with Crippen LogP contribution in [0, 0.1) is 11.7 Å². The number of likely N-dealkylation sites (tertiary alicyclic amines) is 1. The largest absolute Gasteiger partial charge is 0.454 e. The Labute approximate surface area is 162 Å². The summed E-state index contributed by atoms with van der Waals surface area (Å²) in [7, 11) is 0. The van der Waals surface area contributed by atoms with E-state index >= 15 is 0 Å². The minimum absolute atomic E-state index is 0.157. The van der Waals surface area contributed by atoms with Crippen LogP contribution in [0.2, 0.25) is 0 Å².